The highest BCUT2D eigenvalue weighted by atomic mass is 16.5. The van der Waals surface area contributed by atoms with Gasteiger partial charge in [-0.05, 0) is 33.2 Å². The number of carbonyl (C=O) groups excluding carboxylic acids is 1. The van der Waals surface area contributed by atoms with Crippen LogP contribution in [0, 0.1) is 6.92 Å². The molecule has 1 atom stereocenters. The van der Waals surface area contributed by atoms with E-state index in [4.69, 9.17) is 4.52 Å². The minimum absolute atomic E-state index is 0.155. The van der Waals surface area contributed by atoms with Crippen LogP contribution in [0.3, 0.4) is 0 Å². The van der Waals surface area contributed by atoms with Crippen LogP contribution in [0.4, 0.5) is 0 Å². The van der Waals surface area contributed by atoms with Crippen molar-refractivity contribution in [2.75, 3.05) is 19.6 Å². The Morgan fingerprint density at radius 3 is 2.90 bits per heavy atom. The lowest BCUT2D eigenvalue weighted by Crippen LogP contribution is -2.63. The summed E-state index contributed by atoms with van der Waals surface area (Å²) in [5.41, 5.74) is 0.830. The summed E-state index contributed by atoms with van der Waals surface area (Å²) in [4.78, 5) is 16.6. The van der Waals surface area contributed by atoms with Crippen LogP contribution in [0.5, 0.6) is 0 Å². The maximum atomic E-state index is 12.1. The molecule has 0 spiro atoms. The smallest absolute Gasteiger partial charge is 0.230 e. The molecule has 1 amide bonds. The van der Waals surface area contributed by atoms with Crippen LogP contribution in [-0.2, 0) is 11.2 Å². The van der Waals surface area contributed by atoms with E-state index in [1.807, 2.05) is 17.9 Å². The van der Waals surface area contributed by atoms with Gasteiger partial charge in [-0.3, -0.25) is 9.69 Å². The fraction of sp³-hybridized carbons (Fsp3) is 0.733. The van der Waals surface area contributed by atoms with E-state index in [1.165, 1.54) is 25.8 Å². The van der Waals surface area contributed by atoms with Crippen molar-refractivity contribution in [1.29, 1.82) is 0 Å². The molecule has 110 valence electrons. The molecule has 5 heteroatoms. The average molecular weight is 277 g/mol. The van der Waals surface area contributed by atoms with E-state index in [0.29, 0.717) is 24.3 Å². The van der Waals surface area contributed by atoms with Crippen molar-refractivity contribution in [2.24, 2.45) is 0 Å². The molecule has 1 aromatic rings. The van der Waals surface area contributed by atoms with Crippen molar-refractivity contribution in [3.63, 3.8) is 0 Å². The Morgan fingerprint density at radius 2 is 2.25 bits per heavy atom. The normalized spacial score (nSPS) is 24.7. The lowest BCUT2D eigenvalue weighted by atomic mass is 9.97. The molecule has 0 bridgehead atoms. The fourth-order valence-corrected chi connectivity index (χ4v) is 3.29. The van der Waals surface area contributed by atoms with Gasteiger partial charge in [0.05, 0.1) is 12.1 Å². The molecule has 20 heavy (non-hydrogen) atoms. The van der Waals surface area contributed by atoms with Gasteiger partial charge in [0.25, 0.3) is 0 Å². The molecule has 3 heterocycles. The maximum Gasteiger partial charge on any atom is 0.230 e. The number of hydrogen-bond donors (Lipinski definition) is 0. The molecular formula is C15H23N3O2. The zero-order valence-electron chi connectivity index (χ0n) is 12.3. The predicted molar refractivity (Wildman–Crippen MR) is 75.3 cm³/mol. The molecule has 0 saturated carbocycles. The summed E-state index contributed by atoms with van der Waals surface area (Å²) in [7, 11) is 0. The molecule has 0 aromatic carbocycles. The van der Waals surface area contributed by atoms with Gasteiger partial charge in [0, 0.05) is 31.2 Å². The summed E-state index contributed by atoms with van der Waals surface area (Å²) < 4.78 is 5.11. The number of hydrogen-bond acceptors (Lipinski definition) is 4. The van der Waals surface area contributed by atoms with Crippen LogP contribution >= 0.6 is 0 Å². The predicted octanol–water partition coefficient (Wildman–Crippen LogP) is 1.61. The van der Waals surface area contributed by atoms with Crippen LogP contribution in [0.2, 0.25) is 0 Å². The minimum atomic E-state index is 0.155. The van der Waals surface area contributed by atoms with Crippen molar-refractivity contribution < 1.29 is 9.32 Å². The third-order valence-corrected chi connectivity index (χ3v) is 4.54. The number of likely N-dealkylation sites (tertiary alicyclic amines) is 2. The van der Waals surface area contributed by atoms with E-state index >= 15 is 0 Å². The van der Waals surface area contributed by atoms with Crippen molar-refractivity contribution >= 4 is 5.91 Å². The quantitative estimate of drug-likeness (QED) is 0.842. The molecule has 2 aliphatic rings. The third-order valence-electron chi connectivity index (χ3n) is 4.54. The van der Waals surface area contributed by atoms with Gasteiger partial charge in [-0.15, -0.1) is 0 Å². The van der Waals surface area contributed by atoms with Gasteiger partial charge in [0.2, 0.25) is 5.91 Å². The SMILES string of the molecule is Cc1cc(CC(=O)N2CC(N3CCCC[C@@H]3C)C2)on1. The molecule has 3 rings (SSSR count). The van der Waals surface area contributed by atoms with Crippen molar-refractivity contribution in [3.8, 4) is 0 Å². The van der Waals surface area contributed by atoms with Gasteiger partial charge < -0.3 is 9.42 Å². The van der Waals surface area contributed by atoms with Gasteiger partial charge in [-0.2, -0.15) is 0 Å². The monoisotopic (exact) mass is 277 g/mol. The van der Waals surface area contributed by atoms with Crippen molar-refractivity contribution in [1.82, 2.24) is 15.0 Å². The highest BCUT2D eigenvalue weighted by Crippen LogP contribution is 2.24. The third kappa shape index (κ3) is 2.73. The number of rotatable bonds is 3. The highest BCUT2D eigenvalue weighted by Gasteiger charge is 2.37. The Labute approximate surface area is 119 Å². The van der Waals surface area contributed by atoms with Gasteiger partial charge in [-0.1, -0.05) is 11.6 Å². The number of carbonyl (C=O) groups is 1. The Bertz CT molecular complexity index is 479. The first-order valence-corrected chi connectivity index (χ1v) is 7.59. The Balaban J connectivity index is 1.48. The molecule has 2 fully saturated rings. The molecule has 1 aromatic heterocycles. The van der Waals surface area contributed by atoms with E-state index in [9.17, 15) is 4.79 Å². The minimum Gasteiger partial charge on any atom is -0.361 e. The lowest BCUT2D eigenvalue weighted by Gasteiger charge is -2.49. The maximum absolute atomic E-state index is 12.1. The molecule has 5 nitrogen and oxygen atoms in total. The molecule has 2 aliphatic heterocycles. The molecule has 2 saturated heterocycles. The second-order valence-corrected chi connectivity index (χ2v) is 6.15. The number of aromatic nitrogens is 1. The standard InChI is InChI=1S/C15H23N3O2/c1-11-7-14(20-16-11)8-15(19)17-9-13(10-17)18-6-4-3-5-12(18)2/h7,12-13H,3-6,8-10H2,1-2H3/t12-/m0/s1. The second-order valence-electron chi connectivity index (χ2n) is 6.15. The zero-order valence-corrected chi connectivity index (χ0v) is 12.3. The molecule has 0 aliphatic carbocycles. The first-order valence-electron chi connectivity index (χ1n) is 7.59. The lowest BCUT2D eigenvalue weighted by molar-refractivity contribution is -0.139. The van der Waals surface area contributed by atoms with Crippen LogP contribution < -0.4 is 0 Å². The summed E-state index contributed by atoms with van der Waals surface area (Å²) in [6.07, 6.45) is 4.27. The molecule has 0 radical (unpaired) electrons. The number of aryl methyl sites for hydroxylation is 1. The molecular weight excluding hydrogens is 254 g/mol. The van der Waals surface area contributed by atoms with Gasteiger partial charge in [0.15, 0.2) is 0 Å². The second kappa shape index (κ2) is 5.56. The largest absolute Gasteiger partial charge is 0.361 e. The van der Waals surface area contributed by atoms with E-state index in [-0.39, 0.29) is 5.91 Å². The Morgan fingerprint density at radius 1 is 1.45 bits per heavy atom. The Hall–Kier alpha value is -1.36. The first-order chi connectivity index (χ1) is 9.63. The van der Waals surface area contributed by atoms with Gasteiger partial charge in [-0.25, -0.2) is 0 Å². The first kappa shape index (κ1) is 13.6. The van der Waals surface area contributed by atoms with E-state index in [2.05, 4.69) is 17.0 Å². The average Bonchev–Trinajstić information content (AvgIpc) is 2.75. The summed E-state index contributed by atoms with van der Waals surface area (Å²) in [5.74, 6) is 0.823. The van der Waals surface area contributed by atoms with E-state index in [0.717, 1.165) is 18.8 Å². The zero-order chi connectivity index (χ0) is 14.1. The number of amides is 1. The fourth-order valence-electron chi connectivity index (χ4n) is 3.29. The van der Waals surface area contributed by atoms with Gasteiger partial charge >= 0.3 is 0 Å². The van der Waals surface area contributed by atoms with E-state index in [1.54, 1.807) is 0 Å². The van der Waals surface area contributed by atoms with Crippen LogP contribution in [0.25, 0.3) is 0 Å². The van der Waals surface area contributed by atoms with E-state index < -0.39 is 0 Å². The Kier molecular flexibility index (Phi) is 3.78. The summed E-state index contributed by atoms with van der Waals surface area (Å²) in [6.45, 7) is 7.11. The van der Waals surface area contributed by atoms with Crippen LogP contribution in [-0.4, -0.2) is 52.6 Å². The summed E-state index contributed by atoms with van der Waals surface area (Å²) in [6, 6.07) is 3.07. The number of piperidine rings is 1. The topological polar surface area (TPSA) is 49.6 Å². The number of nitrogens with zero attached hydrogens (tertiary/aromatic N) is 3. The highest BCUT2D eigenvalue weighted by molar-refractivity contribution is 5.79. The summed E-state index contributed by atoms with van der Waals surface area (Å²) >= 11 is 0. The molecule has 0 N–H and O–H groups in total. The van der Waals surface area contributed by atoms with Crippen molar-refractivity contribution in [2.45, 2.75) is 51.6 Å². The van der Waals surface area contributed by atoms with Crippen LogP contribution in [0.1, 0.15) is 37.6 Å². The van der Waals surface area contributed by atoms with Gasteiger partial charge in [0.1, 0.15) is 5.76 Å². The molecule has 0 unspecified atom stereocenters. The van der Waals surface area contributed by atoms with Crippen molar-refractivity contribution in [3.05, 3.63) is 17.5 Å². The van der Waals surface area contributed by atoms with Crippen LogP contribution in [0.15, 0.2) is 10.6 Å². The summed E-state index contributed by atoms with van der Waals surface area (Å²) in [5, 5.41) is 3.82.